The minimum absolute atomic E-state index is 0.136. The molecule has 2 aromatic carbocycles. The average Bonchev–Trinajstić information content (AvgIpc) is 3.02. The van der Waals surface area contributed by atoms with Crippen molar-refractivity contribution in [3.63, 3.8) is 0 Å². The highest BCUT2D eigenvalue weighted by molar-refractivity contribution is 7.20. The van der Waals surface area contributed by atoms with Crippen LogP contribution in [0.5, 0.6) is 5.75 Å². The summed E-state index contributed by atoms with van der Waals surface area (Å²) in [4.78, 5) is 24.8. The molecule has 0 radical (unpaired) electrons. The minimum Gasteiger partial charge on any atom is -0.508 e. The summed E-state index contributed by atoms with van der Waals surface area (Å²) in [6.07, 6.45) is 0.136. The van der Waals surface area contributed by atoms with Gasteiger partial charge in [-0.1, -0.05) is 42.5 Å². The van der Waals surface area contributed by atoms with Crippen LogP contribution in [-0.2, 0) is 11.2 Å². The Morgan fingerprint density at radius 3 is 2.36 bits per heavy atom. The van der Waals surface area contributed by atoms with Crippen LogP contribution in [0.3, 0.4) is 0 Å². The Morgan fingerprint density at radius 2 is 1.72 bits per heavy atom. The number of phenolic OH excluding ortho intramolecular Hbond substituents is 1. The standard InChI is InChI=1S/C19H16N2O3S/c20-18(24)15-11-16(13-4-2-1-3-5-13)25-19(15)21-17(23)10-12-6-8-14(22)9-7-12/h1-9,11,22H,10H2,(H2,20,24)(H,21,23). The lowest BCUT2D eigenvalue weighted by molar-refractivity contribution is -0.115. The van der Waals surface area contributed by atoms with Crippen molar-refractivity contribution in [2.45, 2.75) is 6.42 Å². The highest BCUT2D eigenvalue weighted by Gasteiger charge is 2.17. The molecule has 2 amide bonds. The van der Waals surface area contributed by atoms with Gasteiger partial charge in [-0.05, 0) is 29.3 Å². The van der Waals surface area contributed by atoms with Crippen molar-refractivity contribution in [3.05, 3.63) is 71.8 Å². The summed E-state index contributed by atoms with van der Waals surface area (Å²) < 4.78 is 0. The summed E-state index contributed by atoms with van der Waals surface area (Å²) in [5.74, 6) is -0.695. The Balaban J connectivity index is 1.81. The Labute approximate surface area is 148 Å². The quantitative estimate of drug-likeness (QED) is 0.657. The van der Waals surface area contributed by atoms with Crippen LogP contribution in [0.4, 0.5) is 5.00 Å². The number of primary amides is 1. The van der Waals surface area contributed by atoms with Gasteiger partial charge in [0.05, 0.1) is 12.0 Å². The molecule has 0 bridgehead atoms. The summed E-state index contributed by atoms with van der Waals surface area (Å²) in [5.41, 5.74) is 7.45. The van der Waals surface area contributed by atoms with Crippen LogP contribution < -0.4 is 11.1 Å². The first-order valence-electron chi connectivity index (χ1n) is 7.60. The highest BCUT2D eigenvalue weighted by Crippen LogP contribution is 2.35. The van der Waals surface area contributed by atoms with Crippen LogP contribution in [-0.4, -0.2) is 16.9 Å². The number of carbonyl (C=O) groups is 2. The number of nitrogens with two attached hydrogens (primary N) is 1. The van der Waals surface area contributed by atoms with E-state index in [-0.39, 0.29) is 18.1 Å². The van der Waals surface area contributed by atoms with Gasteiger partial charge in [0.15, 0.2) is 0 Å². The molecule has 0 aliphatic carbocycles. The van der Waals surface area contributed by atoms with Gasteiger partial charge in [-0.2, -0.15) is 0 Å². The van der Waals surface area contributed by atoms with Crippen LogP contribution in [0.2, 0.25) is 0 Å². The van der Waals surface area contributed by atoms with E-state index in [9.17, 15) is 14.7 Å². The molecule has 1 aromatic heterocycles. The first kappa shape index (κ1) is 16.7. The summed E-state index contributed by atoms with van der Waals surface area (Å²) in [5, 5.41) is 12.5. The van der Waals surface area contributed by atoms with Gasteiger partial charge in [-0.3, -0.25) is 9.59 Å². The number of hydrogen-bond donors (Lipinski definition) is 3. The van der Waals surface area contributed by atoms with Crippen molar-refractivity contribution in [2.24, 2.45) is 5.73 Å². The largest absolute Gasteiger partial charge is 0.508 e. The maximum atomic E-state index is 12.3. The summed E-state index contributed by atoms with van der Waals surface area (Å²) in [6, 6.07) is 17.7. The normalized spacial score (nSPS) is 10.4. The van der Waals surface area contributed by atoms with Gasteiger partial charge in [-0.15, -0.1) is 11.3 Å². The number of amides is 2. The molecule has 1 heterocycles. The van der Waals surface area contributed by atoms with Gasteiger partial charge in [0.25, 0.3) is 5.91 Å². The summed E-state index contributed by atoms with van der Waals surface area (Å²) in [6.45, 7) is 0. The maximum absolute atomic E-state index is 12.3. The second-order valence-electron chi connectivity index (χ2n) is 5.48. The molecular weight excluding hydrogens is 336 g/mol. The van der Waals surface area contributed by atoms with Gasteiger partial charge < -0.3 is 16.2 Å². The second-order valence-corrected chi connectivity index (χ2v) is 6.53. The predicted octanol–water partition coefficient (Wildman–Crippen LogP) is 3.40. The van der Waals surface area contributed by atoms with E-state index < -0.39 is 5.91 Å². The van der Waals surface area contributed by atoms with Gasteiger partial charge in [0.2, 0.25) is 5.91 Å². The number of anilines is 1. The molecule has 4 N–H and O–H groups in total. The van der Waals surface area contributed by atoms with Gasteiger partial charge in [0, 0.05) is 4.88 Å². The molecule has 3 aromatic rings. The number of benzene rings is 2. The zero-order valence-corrected chi connectivity index (χ0v) is 14.0. The molecule has 3 rings (SSSR count). The number of nitrogens with one attached hydrogen (secondary N) is 1. The first-order chi connectivity index (χ1) is 12.0. The van der Waals surface area contributed by atoms with Crippen LogP contribution in [0.25, 0.3) is 10.4 Å². The monoisotopic (exact) mass is 352 g/mol. The topological polar surface area (TPSA) is 92.4 Å². The third kappa shape index (κ3) is 4.05. The Morgan fingerprint density at radius 1 is 1.04 bits per heavy atom. The van der Waals surface area contributed by atoms with Crippen molar-refractivity contribution in [3.8, 4) is 16.2 Å². The molecule has 126 valence electrons. The van der Waals surface area contributed by atoms with Gasteiger partial charge in [0.1, 0.15) is 10.8 Å². The van der Waals surface area contributed by atoms with E-state index in [1.807, 2.05) is 30.3 Å². The van der Waals surface area contributed by atoms with E-state index in [0.717, 1.165) is 16.0 Å². The minimum atomic E-state index is -0.585. The Kier molecular flexibility index (Phi) is 4.81. The van der Waals surface area contributed by atoms with Gasteiger partial charge >= 0.3 is 0 Å². The third-order valence-electron chi connectivity index (χ3n) is 3.61. The molecule has 25 heavy (non-hydrogen) atoms. The average molecular weight is 352 g/mol. The molecular formula is C19H16N2O3S. The molecule has 0 fully saturated rings. The smallest absolute Gasteiger partial charge is 0.251 e. The number of carbonyl (C=O) groups excluding carboxylic acids is 2. The summed E-state index contributed by atoms with van der Waals surface area (Å²) in [7, 11) is 0. The molecule has 5 nitrogen and oxygen atoms in total. The number of rotatable bonds is 5. The lowest BCUT2D eigenvalue weighted by atomic mass is 10.1. The number of thiophene rings is 1. The zero-order chi connectivity index (χ0) is 17.8. The zero-order valence-electron chi connectivity index (χ0n) is 13.2. The van der Waals surface area contributed by atoms with Crippen molar-refractivity contribution in [2.75, 3.05) is 5.32 Å². The van der Waals surface area contributed by atoms with Crippen molar-refractivity contribution in [1.82, 2.24) is 0 Å². The Bertz CT molecular complexity index is 902. The lowest BCUT2D eigenvalue weighted by Gasteiger charge is -2.05. The molecule has 0 spiro atoms. The molecule has 0 aliphatic rings. The highest BCUT2D eigenvalue weighted by atomic mass is 32.1. The predicted molar refractivity (Wildman–Crippen MR) is 98.7 cm³/mol. The summed E-state index contributed by atoms with van der Waals surface area (Å²) >= 11 is 1.31. The van der Waals surface area contributed by atoms with Crippen molar-refractivity contribution < 1.29 is 14.7 Å². The molecule has 0 aliphatic heterocycles. The van der Waals surface area contributed by atoms with E-state index in [0.29, 0.717) is 10.6 Å². The SMILES string of the molecule is NC(=O)c1cc(-c2ccccc2)sc1NC(=O)Cc1ccc(O)cc1. The first-order valence-corrected chi connectivity index (χ1v) is 8.41. The molecule has 0 atom stereocenters. The molecule has 6 heteroatoms. The maximum Gasteiger partial charge on any atom is 0.251 e. The van der Waals surface area contributed by atoms with Gasteiger partial charge in [-0.25, -0.2) is 0 Å². The number of hydrogen-bond acceptors (Lipinski definition) is 4. The van der Waals surface area contributed by atoms with Crippen LogP contribution in [0.15, 0.2) is 60.7 Å². The van der Waals surface area contributed by atoms with Crippen molar-refractivity contribution in [1.29, 1.82) is 0 Å². The molecule has 0 saturated heterocycles. The molecule has 0 saturated carbocycles. The number of aromatic hydroxyl groups is 1. The fraction of sp³-hybridized carbons (Fsp3) is 0.0526. The van der Waals surface area contributed by atoms with Crippen LogP contribution in [0, 0.1) is 0 Å². The van der Waals surface area contributed by atoms with E-state index in [2.05, 4.69) is 5.32 Å². The van der Waals surface area contributed by atoms with Crippen LogP contribution in [0.1, 0.15) is 15.9 Å². The van der Waals surface area contributed by atoms with E-state index in [4.69, 9.17) is 5.73 Å². The fourth-order valence-electron chi connectivity index (χ4n) is 2.38. The molecule has 0 unspecified atom stereocenters. The van der Waals surface area contributed by atoms with E-state index >= 15 is 0 Å². The third-order valence-corrected chi connectivity index (χ3v) is 4.71. The fourth-order valence-corrected chi connectivity index (χ4v) is 3.47. The van der Waals surface area contributed by atoms with Crippen LogP contribution >= 0.6 is 11.3 Å². The van der Waals surface area contributed by atoms with E-state index in [1.165, 1.54) is 23.5 Å². The van der Waals surface area contributed by atoms with Crippen molar-refractivity contribution >= 4 is 28.2 Å². The lowest BCUT2D eigenvalue weighted by Crippen LogP contribution is -2.17. The van der Waals surface area contributed by atoms with E-state index in [1.54, 1.807) is 18.2 Å². The second kappa shape index (κ2) is 7.19. The number of phenols is 1. The Hall–Kier alpha value is -3.12.